The van der Waals surface area contributed by atoms with E-state index < -0.39 is 17.7 Å². The summed E-state index contributed by atoms with van der Waals surface area (Å²) in [6, 6.07) is 9.55. The third-order valence-electron chi connectivity index (χ3n) is 7.13. The van der Waals surface area contributed by atoms with Gasteiger partial charge in [0, 0.05) is 43.9 Å². The molecule has 12 heteroatoms. The summed E-state index contributed by atoms with van der Waals surface area (Å²) < 4.78 is 15.1. The summed E-state index contributed by atoms with van der Waals surface area (Å²) >= 11 is 1.58. The minimum atomic E-state index is -0.621. The summed E-state index contributed by atoms with van der Waals surface area (Å²) in [4.78, 5) is 28.0. The number of anilines is 2. The van der Waals surface area contributed by atoms with Crippen molar-refractivity contribution in [2.75, 3.05) is 18.5 Å². The number of piperidine rings is 1. The van der Waals surface area contributed by atoms with Crippen LogP contribution >= 0.6 is 11.3 Å². The van der Waals surface area contributed by atoms with Crippen LogP contribution in [0, 0.1) is 0 Å². The van der Waals surface area contributed by atoms with E-state index in [0.717, 1.165) is 32.4 Å². The van der Waals surface area contributed by atoms with Crippen molar-refractivity contribution in [1.29, 1.82) is 0 Å². The Labute approximate surface area is 247 Å². The fraction of sp³-hybridized carbons (Fsp3) is 0.367. The van der Waals surface area contributed by atoms with Gasteiger partial charge in [0.15, 0.2) is 0 Å². The minimum absolute atomic E-state index is 0.189. The number of aliphatic hydroxyl groups excluding tert-OH is 1. The molecule has 2 aromatic carbocycles. The Bertz CT molecular complexity index is 1740. The van der Waals surface area contributed by atoms with Crippen molar-refractivity contribution in [3.05, 3.63) is 54.6 Å². The van der Waals surface area contributed by atoms with Gasteiger partial charge in [-0.05, 0) is 56.7 Å². The molecule has 1 aliphatic heterocycles. The van der Waals surface area contributed by atoms with Crippen LogP contribution in [0.3, 0.4) is 0 Å². The van der Waals surface area contributed by atoms with E-state index in [1.165, 1.54) is 6.33 Å². The standard InChI is InChI=1S/C30H33N7O4S/c1-30(2,3)41-29(39)37-8-7-22(12-21(37)15-38)40-25-10-18(19-13-34-36(4)14-19)9-24-27(25)28(32-16-31-24)35-20-5-6-23-26(11-20)42-17-33-23/h5-6,9-11,13-14,16-17,21-22,38H,7-8,12,15H2,1-4H3,(H,31,32,35)/t21-,22-/m0/s1. The van der Waals surface area contributed by atoms with Gasteiger partial charge in [-0.1, -0.05) is 0 Å². The van der Waals surface area contributed by atoms with Gasteiger partial charge in [0.25, 0.3) is 0 Å². The van der Waals surface area contributed by atoms with Gasteiger partial charge >= 0.3 is 6.09 Å². The zero-order valence-electron chi connectivity index (χ0n) is 23.9. The van der Waals surface area contributed by atoms with E-state index in [1.54, 1.807) is 27.1 Å². The fourth-order valence-electron chi connectivity index (χ4n) is 5.18. The molecule has 1 aliphatic rings. The van der Waals surface area contributed by atoms with E-state index in [1.807, 2.05) is 69.9 Å². The van der Waals surface area contributed by atoms with Crippen LogP contribution in [0.1, 0.15) is 33.6 Å². The molecule has 0 aliphatic carbocycles. The average molecular weight is 588 g/mol. The molecular formula is C30H33N7O4S. The lowest BCUT2D eigenvalue weighted by Gasteiger charge is -2.39. The predicted octanol–water partition coefficient (Wildman–Crippen LogP) is 5.52. The molecule has 4 heterocycles. The summed E-state index contributed by atoms with van der Waals surface area (Å²) in [7, 11) is 1.87. The number of hydrogen-bond donors (Lipinski definition) is 2. The van der Waals surface area contributed by atoms with E-state index in [9.17, 15) is 9.90 Å². The van der Waals surface area contributed by atoms with Crippen LogP contribution in [0.2, 0.25) is 0 Å². The van der Waals surface area contributed by atoms with Crippen LogP contribution in [-0.2, 0) is 11.8 Å². The second kappa shape index (κ2) is 11.2. The van der Waals surface area contributed by atoms with Gasteiger partial charge in [0.2, 0.25) is 0 Å². The molecule has 1 saturated heterocycles. The van der Waals surface area contributed by atoms with Crippen LogP contribution < -0.4 is 10.1 Å². The molecular weight excluding hydrogens is 554 g/mol. The highest BCUT2D eigenvalue weighted by Gasteiger charge is 2.35. The number of rotatable bonds is 6. The summed E-state index contributed by atoms with van der Waals surface area (Å²) in [5, 5.41) is 18.7. The number of thiazole rings is 1. The molecule has 0 unspecified atom stereocenters. The lowest BCUT2D eigenvalue weighted by atomic mass is 9.99. The number of aryl methyl sites for hydroxylation is 1. The Morgan fingerprint density at radius 2 is 2.00 bits per heavy atom. The summed E-state index contributed by atoms with van der Waals surface area (Å²) in [6.45, 7) is 5.71. The molecule has 0 saturated carbocycles. The van der Waals surface area contributed by atoms with Crippen LogP contribution in [0.4, 0.5) is 16.3 Å². The van der Waals surface area contributed by atoms with Crippen LogP contribution in [0.5, 0.6) is 5.75 Å². The smallest absolute Gasteiger partial charge is 0.410 e. The molecule has 2 atom stereocenters. The maximum absolute atomic E-state index is 12.8. The zero-order chi connectivity index (χ0) is 29.4. The largest absolute Gasteiger partial charge is 0.489 e. The van der Waals surface area contributed by atoms with Crippen molar-refractivity contribution in [2.24, 2.45) is 7.05 Å². The molecule has 11 nitrogen and oxygen atoms in total. The first-order chi connectivity index (χ1) is 20.2. The molecule has 0 radical (unpaired) electrons. The van der Waals surface area contributed by atoms with Gasteiger partial charge in [-0.2, -0.15) is 5.10 Å². The number of ether oxygens (including phenoxy) is 2. The number of aliphatic hydroxyl groups is 1. The maximum Gasteiger partial charge on any atom is 0.410 e. The molecule has 6 rings (SSSR count). The van der Waals surface area contributed by atoms with Crippen LogP contribution in [0.15, 0.2) is 54.6 Å². The normalized spacial score (nSPS) is 17.5. The topological polar surface area (TPSA) is 128 Å². The molecule has 0 spiro atoms. The average Bonchev–Trinajstić information content (AvgIpc) is 3.60. The number of carbonyl (C=O) groups excluding carboxylic acids is 1. The Morgan fingerprint density at radius 3 is 2.76 bits per heavy atom. The summed E-state index contributed by atoms with van der Waals surface area (Å²) in [5.41, 5.74) is 5.58. The Balaban J connectivity index is 1.35. The molecule has 42 heavy (non-hydrogen) atoms. The molecule has 3 aromatic heterocycles. The van der Waals surface area contributed by atoms with Crippen molar-refractivity contribution in [3.8, 4) is 16.9 Å². The minimum Gasteiger partial charge on any atom is -0.489 e. The van der Waals surface area contributed by atoms with E-state index in [0.29, 0.717) is 36.5 Å². The summed E-state index contributed by atoms with van der Waals surface area (Å²) in [6.07, 6.45) is 5.62. The second-order valence-corrected chi connectivity index (χ2v) is 12.3. The first kappa shape index (κ1) is 27.9. The van der Waals surface area contributed by atoms with E-state index >= 15 is 0 Å². The highest BCUT2D eigenvalue weighted by molar-refractivity contribution is 7.16. The number of fused-ring (bicyclic) bond motifs is 2. The quantitative estimate of drug-likeness (QED) is 0.264. The SMILES string of the molecule is Cn1cc(-c2cc(O[C@H]3CCN(C(=O)OC(C)(C)C)[C@H](CO)C3)c3c(Nc4ccc5ncsc5c4)ncnc3c2)cn1. The molecule has 1 amide bonds. The monoisotopic (exact) mass is 587 g/mol. The molecule has 2 N–H and O–H groups in total. The number of aromatic nitrogens is 5. The van der Waals surface area contributed by atoms with Gasteiger partial charge < -0.3 is 24.8 Å². The van der Waals surface area contributed by atoms with E-state index in [-0.39, 0.29) is 12.7 Å². The lowest BCUT2D eigenvalue weighted by Crippen LogP contribution is -2.51. The third-order valence-corrected chi connectivity index (χ3v) is 7.93. The summed E-state index contributed by atoms with van der Waals surface area (Å²) in [5.74, 6) is 1.22. The number of likely N-dealkylation sites (tertiary alicyclic amines) is 1. The number of hydrogen-bond acceptors (Lipinski definition) is 10. The predicted molar refractivity (Wildman–Crippen MR) is 162 cm³/mol. The Morgan fingerprint density at radius 1 is 1.14 bits per heavy atom. The van der Waals surface area contributed by atoms with Crippen molar-refractivity contribution in [1.82, 2.24) is 29.6 Å². The highest BCUT2D eigenvalue weighted by Crippen LogP contribution is 2.38. The number of nitrogens with one attached hydrogen (secondary N) is 1. The molecule has 5 aromatic rings. The maximum atomic E-state index is 12.8. The number of amides is 1. The zero-order valence-corrected chi connectivity index (χ0v) is 24.8. The van der Waals surface area contributed by atoms with Gasteiger partial charge in [-0.15, -0.1) is 11.3 Å². The highest BCUT2D eigenvalue weighted by atomic mass is 32.1. The van der Waals surface area contributed by atoms with E-state index in [2.05, 4.69) is 25.4 Å². The van der Waals surface area contributed by atoms with Crippen LogP contribution in [0.25, 0.3) is 32.2 Å². The van der Waals surface area contributed by atoms with Gasteiger partial charge in [-0.3, -0.25) is 4.68 Å². The molecule has 218 valence electrons. The van der Waals surface area contributed by atoms with Gasteiger partial charge in [-0.25, -0.2) is 19.7 Å². The lowest BCUT2D eigenvalue weighted by molar-refractivity contribution is -0.0142. The van der Waals surface area contributed by atoms with Crippen molar-refractivity contribution >= 4 is 50.1 Å². The second-order valence-electron chi connectivity index (χ2n) is 11.4. The van der Waals surface area contributed by atoms with Crippen molar-refractivity contribution in [2.45, 2.75) is 51.4 Å². The van der Waals surface area contributed by atoms with Crippen molar-refractivity contribution < 1.29 is 19.4 Å². The third kappa shape index (κ3) is 5.86. The number of nitrogens with zero attached hydrogens (tertiary/aromatic N) is 6. The van der Waals surface area contributed by atoms with Gasteiger partial charge in [0.05, 0.1) is 45.5 Å². The van der Waals surface area contributed by atoms with Crippen molar-refractivity contribution in [3.63, 3.8) is 0 Å². The first-order valence-electron chi connectivity index (χ1n) is 13.8. The molecule has 1 fully saturated rings. The van der Waals surface area contributed by atoms with E-state index in [4.69, 9.17) is 9.47 Å². The Hall–Kier alpha value is -4.29. The van der Waals surface area contributed by atoms with Gasteiger partial charge in [0.1, 0.15) is 29.6 Å². The van der Waals surface area contributed by atoms with Crippen LogP contribution in [-0.4, -0.2) is 71.7 Å². The Kier molecular flexibility index (Phi) is 7.42. The number of carbonyl (C=O) groups is 1. The fourth-order valence-corrected chi connectivity index (χ4v) is 5.90. The molecule has 0 bridgehead atoms. The first-order valence-corrected chi connectivity index (χ1v) is 14.7. The number of benzene rings is 2.